The van der Waals surface area contributed by atoms with E-state index in [0.717, 1.165) is 0 Å². The topological polar surface area (TPSA) is 152 Å². The molecule has 9 nitrogen and oxygen atoms in total. The van der Waals surface area contributed by atoms with Crippen molar-refractivity contribution in [3.63, 3.8) is 0 Å². The Morgan fingerprint density at radius 3 is 2.73 bits per heavy atom. The van der Waals surface area contributed by atoms with E-state index < -0.39 is 5.97 Å². The Balaban J connectivity index is 1.58. The van der Waals surface area contributed by atoms with Gasteiger partial charge in [0.25, 0.3) is 5.91 Å². The van der Waals surface area contributed by atoms with Crippen LogP contribution < -0.4 is 11.1 Å². The molecule has 9 heteroatoms. The van der Waals surface area contributed by atoms with E-state index in [-0.39, 0.29) is 36.3 Å². The summed E-state index contributed by atoms with van der Waals surface area (Å²) in [5.41, 5.74) is 6.21. The maximum Gasteiger partial charge on any atom is 0.329 e. The SMILES string of the molecule is N=C(N)c1cnc2oc(C(=O)NC3CCC(OCC(=O)O)CC3)cc2c1. The quantitative estimate of drug-likeness (QED) is 0.447. The Morgan fingerprint density at radius 2 is 2.08 bits per heavy atom. The predicted octanol–water partition coefficient (Wildman–Crippen LogP) is 1.25. The number of nitrogens with two attached hydrogens (primary N) is 1. The molecule has 0 spiro atoms. The van der Waals surface area contributed by atoms with Gasteiger partial charge in [-0.05, 0) is 37.8 Å². The molecule has 0 aliphatic heterocycles. The maximum absolute atomic E-state index is 12.4. The Kier molecular flexibility index (Phi) is 5.17. The summed E-state index contributed by atoms with van der Waals surface area (Å²) in [6, 6.07) is 3.21. The number of aliphatic carboxylic acids is 1. The molecule has 1 amide bonds. The zero-order chi connectivity index (χ0) is 18.7. The number of carboxylic acid groups (broad SMARTS) is 1. The van der Waals surface area contributed by atoms with Crippen LogP contribution in [0.15, 0.2) is 22.7 Å². The van der Waals surface area contributed by atoms with Crippen molar-refractivity contribution in [2.45, 2.75) is 37.8 Å². The molecule has 0 unspecified atom stereocenters. The monoisotopic (exact) mass is 360 g/mol. The van der Waals surface area contributed by atoms with Gasteiger partial charge in [-0.15, -0.1) is 0 Å². The Hall–Kier alpha value is -2.94. The van der Waals surface area contributed by atoms with Crippen molar-refractivity contribution < 1.29 is 23.8 Å². The lowest BCUT2D eigenvalue weighted by Gasteiger charge is -2.28. The van der Waals surface area contributed by atoms with E-state index in [0.29, 0.717) is 42.3 Å². The number of amides is 1. The molecular formula is C17H20N4O5. The molecule has 1 aliphatic carbocycles. The van der Waals surface area contributed by atoms with E-state index in [1.165, 1.54) is 6.20 Å². The van der Waals surface area contributed by atoms with Crippen LogP contribution in [0.1, 0.15) is 41.8 Å². The molecule has 0 atom stereocenters. The van der Waals surface area contributed by atoms with Crippen LogP contribution in [0.25, 0.3) is 11.1 Å². The first-order chi connectivity index (χ1) is 12.4. The number of amidine groups is 1. The normalized spacial score (nSPS) is 20.0. The van der Waals surface area contributed by atoms with E-state index >= 15 is 0 Å². The van der Waals surface area contributed by atoms with Crippen molar-refractivity contribution in [1.82, 2.24) is 10.3 Å². The lowest BCUT2D eigenvalue weighted by Crippen LogP contribution is -2.39. The summed E-state index contributed by atoms with van der Waals surface area (Å²) >= 11 is 0. The van der Waals surface area contributed by atoms with Gasteiger partial charge in [-0.25, -0.2) is 9.78 Å². The predicted molar refractivity (Wildman–Crippen MR) is 92.1 cm³/mol. The van der Waals surface area contributed by atoms with Gasteiger partial charge in [0.1, 0.15) is 12.4 Å². The van der Waals surface area contributed by atoms with Crippen LogP contribution in [0.2, 0.25) is 0 Å². The zero-order valence-electron chi connectivity index (χ0n) is 14.0. The fourth-order valence-corrected chi connectivity index (χ4v) is 3.01. The maximum atomic E-state index is 12.4. The molecule has 1 fully saturated rings. The zero-order valence-corrected chi connectivity index (χ0v) is 14.0. The average Bonchev–Trinajstić information content (AvgIpc) is 3.04. The minimum atomic E-state index is -0.980. The van der Waals surface area contributed by atoms with Crippen LogP contribution in [0.3, 0.4) is 0 Å². The number of carboxylic acids is 1. The van der Waals surface area contributed by atoms with Crippen molar-refractivity contribution in [1.29, 1.82) is 5.41 Å². The number of hydrogen-bond donors (Lipinski definition) is 4. The molecule has 26 heavy (non-hydrogen) atoms. The van der Waals surface area contributed by atoms with Gasteiger partial charge < -0.3 is 25.3 Å². The third kappa shape index (κ3) is 4.17. The number of carbonyl (C=O) groups excluding carboxylic acids is 1. The first-order valence-corrected chi connectivity index (χ1v) is 8.30. The number of furan rings is 1. The highest BCUT2D eigenvalue weighted by Crippen LogP contribution is 2.23. The molecule has 3 rings (SSSR count). The van der Waals surface area contributed by atoms with Crippen LogP contribution >= 0.6 is 0 Å². The number of fused-ring (bicyclic) bond motifs is 1. The van der Waals surface area contributed by atoms with E-state index in [2.05, 4.69) is 10.3 Å². The van der Waals surface area contributed by atoms with Crippen molar-refractivity contribution in [3.8, 4) is 0 Å². The van der Waals surface area contributed by atoms with Gasteiger partial charge in [-0.3, -0.25) is 10.2 Å². The summed E-state index contributed by atoms with van der Waals surface area (Å²) in [6.07, 6.45) is 4.16. The summed E-state index contributed by atoms with van der Waals surface area (Å²) in [5.74, 6) is -1.26. The number of ether oxygens (including phenoxy) is 1. The molecule has 0 saturated heterocycles. The number of carbonyl (C=O) groups is 2. The Bertz CT molecular complexity index is 839. The number of pyridine rings is 1. The van der Waals surface area contributed by atoms with E-state index in [1.54, 1.807) is 12.1 Å². The van der Waals surface area contributed by atoms with Crippen LogP contribution in [0.4, 0.5) is 0 Å². The molecule has 5 N–H and O–H groups in total. The highest BCUT2D eigenvalue weighted by atomic mass is 16.5. The summed E-state index contributed by atoms with van der Waals surface area (Å²) in [7, 11) is 0. The van der Waals surface area contributed by atoms with Crippen LogP contribution in [0.5, 0.6) is 0 Å². The van der Waals surface area contributed by atoms with Crippen LogP contribution in [-0.2, 0) is 9.53 Å². The largest absolute Gasteiger partial charge is 0.480 e. The van der Waals surface area contributed by atoms with Crippen LogP contribution in [0, 0.1) is 5.41 Å². The number of nitrogens with zero attached hydrogens (tertiary/aromatic N) is 1. The number of rotatable bonds is 6. The molecule has 2 aromatic heterocycles. The number of hydrogen-bond acceptors (Lipinski definition) is 6. The highest BCUT2D eigenvalue weighted by Gasteiger charge is 2.25. The van der Waals surface area contributed by atoms with Gasteiger partial charge in [0, 0.05) is 23.2 Å². The molecule has 0 aromatic carbocycles. The minimum absolute atomic E-state index is 0.0128. The molecular weight excluding hydrogens is 340 g/mol. The second-order valence-electron chi connectivity index (χ2n) is 6.29. The summed E-state index contributed by atoms with van der Waals surface area (Å²) in [5, 5.41) is 19.6. The van der Waals surface area contributed by atoms with Crippen LogP contribution in [-0.4, -0.2) is 46.6 Å². The first-order valence-electron chi connectivity index (χ1n) is 8.30. The fourth-order valence-electron chi connectivity index (χ4n) is 3.01. The molecule has 2 heterocycles. The van der Waals surface area contributed by atoms with Crippen molar-refractivity contribution in [3.05, 3.63) is 29.7 Å². The first kappa shape index (κ1) is 17.9. The third-order valence-electron chi connectivity index (χ3n) is 4.36. The van der Waals surface area contributed by atoms with Crippen molar-refractivity contribution in [2.24, 2.45) is 5.73 Å². The number of nitrogens with one attached hydrogen (secondary N) is 2. The highest BCUT2D eigenvalue weighted by molar-refractivity contribution is 5.99. The molecule has 1 saturated carbocycles. The van der Waals surface area contributed by atoms with Gasteiger partial charge in [0.15, 0.2) is 5.76 Å². The Morgan fingerprint density at radius 1 is 1.35 bits per heavy atom. The van der Waals surface area contributed by atoms with Gasteiger partial charge in [-0.2, -0.15) is 0 Å². The van der Waals surface area contributed by atoms with Crippen molar-refractivity contribution in [2.75, 3.05) is 6.61 Å². The molecule has 138 valence electrons. The van der Waals surface area contributed by atoms with E-state index in [9.17, 15) is 9.59 Å². The van der Waals surface area contributed by atoms with Crippen molar-refractivity contribution >= 4 is 28.8 Å². The fraction of sp³-hybridized carbons (Fsp3) is 0.412. The van der Waals surface area contributed by atoms with E-state index in [4.69, 9.17) is 25.4 Å². The lowest BCUT2D eigenvalue weighted by atomic mass is 9.93. The number of aromatic nitrogens is 1. The molecule has 2 aromatic rings. The number of nitrogen functional groups attached to an aromatic ring is 1. The van der Waals surface area contributed by atoms with Gasteiger partial charge >= 0.3 is 5.97 Å². The minimum Gasteiger partial charge on any atom is -0.480 e. The molecule has 0 radical (unpaired) electrons. The van der Waals surface area contributed by atoms with Gasteiger partial charge in [0.05, 0.1) is 6.10 Å². The molecule has 0 bridgehead atoms. The van der Waals surface area contributed by atoms with E-state index in [1.807, 2.05) is 0 Å². The second kappa shape index (κ2) is 7.52. The second-order valence-corrected chi connectivity index (χ2v) is 6.29. The lowest BCUT2D eigenvalue weighted by molar-refractivity contribution is -0.145. The summed E-state index contributed by atoms with van der Waals surface area (Å²) in [4.78, 5) is 27.0. The Labute approximate surface area is 149 Å². The smallest absolute Gasteiger partial charge is 0.329 e. The van der Waals surface area contributed by atoms with Gasteiger partial charge in [-0.1, -0.05) is 0 Å². The summed E-state index contributed by atoms with van der Waals surface area (Å²) < 4.78 is 10.8. The van der Waals surface area contributed by atoms with Gasteiger partial charge in [0.2, 0.25) is 5.71 Å². The average molecular weight is 360 g/mol. The molecule has 1 aliphatic rings. The standard InChI is InChI=1S/C17H20N4O5/c18-15(19)10-5-9-6-13(26-17(9)20-7-10)16(24)21-11-1-3-12(4-2-11)25-8-14(22)23/h5-7,11-12H,1-4,8H2,(H3,18,19)(H,21,24)(H,22,23). The third-order valence-corrected chi connectivity index (χ3v) is 4.36. The summed E-state index contributed by atoms with van der Waals surface area (Å²) in [6.45, 7) is -0.296.